The van der Waals surface area contributed by atoms with Crippen LogP contribution in [0.4, 0.5) is 0 Å². The smallest absolute Gasteiger partial charge is 0.0218 e. The van der Waals surface area contributed by atoms with Crippen molar-refractivity contribution in [1.29, 1.82) is 0 Å². The quantitative estimate of drug-likeness (QED) is 0.239. The van der Waals surface area contributed by atoms with Gasteiger partial charge in [-0.3, -0.25) is 34.3 Å². The van der Waals surface area contributed by atoms with E-state index in [-0.39, 0.29) is 63.1 Å². The Morgan fingerprint density at radius 1 is 0.317 bits per heavy atom. The predicted molar refractivity (Wildman–Crippen MR) is 569 cm³/mol. The Hall–Kier alpha value is -1.32. The van der Waals surface area contributed by atoms with Crippen LogP contribution >= 0.6 is 0 Å². The molecule has 0 radical (unpaired) electrons. The van der Waals surface area contributed by atoms with E-state index in [4.69, 9.17) is 0 Å². The molecule has 1 aromatic carbocycles. The minimum absolute atomic E-state index is 0. The van der Waals surface area contributed by atoms with E-state index in [1.807, 2.05) is 0 Å². The van der Waals surface area contributed by atoms with Crippen LogP contribution in [0.15, 0.2) is 43.0 Å². The molecule has 15 unspecified atom stereocenters. The van der Waals surface area contributed by atoms with E-state index in [0.717, 1.165) is 89.9 Å². The van der Waals surface area contributed by atoms with Crippen molar-refractivity contribution in [3.05, 3.63) is 48.6 Å². The van der Waals surface area contributed by atoms with E-state index in [2.05, 4.69) is 410 Å². The first-order valence-corrected chi connectivity index (χ1v) is 49.1. The molecule has 8 fully saturated rings. The summed E-state index contributed by atoms with van der Waals surface area (Å²) in [4.78, 5) is 19.1. The maximum absolute atomic E-state index is 3.91. The third-order valence-corrected chi connectivity index (χ3v) is 29.4. The van der Waals surface area contributed by atoms with Crippen molar-refractivity contribution in [3.63, 3.8) is 0 Å². The molecule has 7 saturated heterocycles. The van der Waals surface area contributed by atoms with Crippen LogP contribution in [0.25, 0.3) is 0 Å². The number of likely N-dealkylation sites (tertiary alicyclic amines) is 7. The van der Waals surface area contributed by atoms with Gasteiger partial charge >= 0.3 is 0 Å². The molecule has 7 aliphatic heterocycles. The van der Waals surface area contributed by atoms with E-state index in [0.29, 0.717) is 83.6 Å². The third-order valence-electron chi connectivity index (χ3n) is 29.4. The summed E-state index contributed by atoms with van der Waals surface area (Å²) in [5, 5.41) is 0. The first-order valence-electron chi connectivity index (χ1n) is 49.1. The fourth-order valence-corrected chi connectivity index (χ4v) is 24.8. The van der Waals surface area contributed by atoms with Gasteiger partial charge in [0.2, 0.25) is 0 Å². The van der Waals surface area contributed by atoms with Crippen molar-refractivity contribution >= 4 is 0 Å². The van der Waals surface area contributed by atoms with Crippen molar-refractivity contribution in [2.24, 2.45) is 91.2 Å². The topological polar surface area (TPSA) is 22.7 Å². The molecule has 7 heterocycles. The Bertz CT molecular complexity index is 2920. The zero-order chi connectivity index (χ0) is 90.2. The summed E-state index contributed by atoms with van der Waals surface area (Å²) in [5.41, 5.74) is 6.29. The number of hydrogen-bond donors (Lipinski definition) is 0. The van der Waals surface area contributed by atoms with Crippen LogP contribution in [0.3, 0.4) is 0 Å². The largest absolute Gasteiger partial charge is 0.295 e. The highest BCUT2D eigenvalue weighted by Gasteiger charge is 2.53. The highest BCUT2D eigenvalue weighted by atomic mass is 15.3. The summed E-state index contributed by atoms with van der Waals surface area (Å²) < 4.78 is 0. The van der Waals surface area contributed by atoms with E-state index in [1.165, 1.54) is 141 Å². The highest BCUT2D eigenvalue weighted by molar-refractivity contribution is 5.25. The van der Waals surface area contributed by atoms with Gasteiger partial charge in [-0.25, -0.2) is 0 Å². The SMILES string of the molecule is C.C.C.C.C.C.C.C=CCC1CCN(C(C)(C)C)C1C(C)(C)C.CC(C)(C)C1C(C2CCCCC2)CCN1C(C)(C)C.CC(C)(C)C1C(c2ccccc2)CCN1C(C)(C)C.CC(C)C1CCN(C(C)(C)C)C1C(C)(C)C.CC1CCN(C(C)(C)C)C1C(C)(C)C.CCC(C)C1CCN(C(C)(C)C)C1C(C)(C)C.CCC1CCN(C(C)(C)C)C1C(C)(C)C. The van der Waals surface area contributed by atoms with Crippen LogP contribution < -0.4 is 0 Å². The Morgan fingerprint density at radius 3 is 0.927 bits per heavy atom. The number of rotatable bonds is 8. The van der Waals surface area contributed by atoms with Gasteiger partial charge in [0.25, 0.3) is 0 Å². The van der Waals surface area contributed by atoms with Gasteiger partial charge in [-0.15, -0.1) is 6.58 Å². The molecule has 740 valence electrons. The lowest BCUT2D eigenvalue weighted by atomic mass is 9.69. The molecule has 8 aliphatic rings. The zero-order valence-corrected chi connectivity index (χ0v) is 88.2. The van der Waals surface area contributed by atoms with Crippen LogP contribution in [0, 0.1) is 91.2 Å². The van der Waals surface area contributed by atoms with Gasteiger partial charge in [0.15, 0.2) is 0 Å². The average molecular weight is 1730 g/mol. The molecule has 1 saturated carbocycles. The fraction of sp³-hybridized carbons (Fsp3) is 0.931. The number of allylic oxidation sites excluding steroid dienone is 1. The number of hydrogen-bond acceptors (Lipinski definition) is 7. The molecule has 9 rings (SSSR count). The summed E-state index contributed by atoms with van der Waals surface area (Å²) in [5.74, 6) is 8.53. The van der Waals surface area contributed by atoms with Gasteiger partial charge in [0.05, 0.1) is 0 Å². The molecular weight excluding hydrogens is 1490 g/mol. The van der Waals surface area contributed by atoms with Crippen LogP contribution in [0.2, 0.25) is 0 Å². The molecule has 0 bridgehead atoms. The molecule has 0 amide bonds. The molecule has 0 N–H and O–H groups in total. The summed E-state index contributed by atoms with van der Waals surface area (Å²) in [7, 11) is 0. The number of nitrogens with zero attached hydrogens (tertiary/aromatic N) is 7. The van der Waals surface area contributed by atoms with Gasteiger partial charge in [-0.2, -0.15) is 0 Å². The lowest BCUT2D eigenvalue weighted by molar-refractivity contribution is 0.0215. The van der Waals surface area contributed by atoms with Crippen LogP contribution in [-0.2, 0) is 0 Å². The van der Waals surface area contributed by atoms with Crippen LogP contribution in [0.5, 0.6) is 0 Å². The summed E-state index contributed by atoms with van der Waals surface area (Å²) >= 11 is 0. The van der Waals surface area contributed by atoms with Crippen LogP contribution in [0.1, 0.15) is 492 Å². The predicted octanol–water partition coefficient (Wildman–Crippen LogP) is 34.6. The third kappa shape index (κ3) is 37.6. The monoisotopic (exact) mass is 1730 g/mol. The maximum atomic E-state index is 3.91. The lowest BCUT2D eigenvalue weighted by Gasteiger charge is -2.47. The first kappa shape index (κ1) is 130. The zero-order valence-electron chi connectivity index (χ0n) is 88.2. The Labute approximate surface area is 782 Å². The summed E-state index contributed by atoms with van der Waals surface area (Å²) in [6, 6.07) is 16.1. The van der Waals surface area contributed by atoms with E-state index >= 15 is 0 Å². The minimum atomic E-state index is 0. The van der Waals surface area contributed by atoms with Crippen molar-refractivity contribution in [2.45, 2.75) is 568 Å². The van der Waals surface area contributed by atoms with Crippen LogP contribution in [-0.4, -0.2) is 161 Å². The second-order valence-corrected chi connectivity index (χ2v) is 54.2. The summed E-state index contributed by atoms with van der Waals surface area (Å²) in [6.45, 7) is 127. The first-order chi connectivity index (χ1) is 52.0. The van der Waals surface area contributed by atoms with E-state index in [1.54, 1.807) is 0 Å². The molecule has 0 aromatic heterocycles. The Morgan fingerprint density at radius 2 is 0.602 bits per heavy atom. The van der Waals surface area contributed by atoms with Gasteiger partial charge in [0.1, 0.15) is 0 Å². The van der Waals surface area contributed by atoms with Crippen molar-refractivity contribution in [1.82, 2.24) is 34.3 Å². The molecular formula is C116H241N7. The molecule has 15 atom stereocenters. The Kier molecular flexibility index (Phi) is 53.1. The minimum Gasteiger partial charge on any atom is -0.295 e. The fourth-order valence-electron chi connectivity index (χ4n) is 24.8. The normalized spacial score (nSPS) is 27.7. The van der Waals surface area contributed by atoms with Gasteiger partial charge < -0.3 is 0 Å². The van der Waals surface area contributed by atoms with Crippen molar-refractivity contribution in [2.75, 3.05) is 45.8 Å². The van der Waals surface area contributed by atoms with E-state index < -0.39 is 0 Å². The lowest BCUT2D eigenvalue weighted by Crippen LogP contribution is -2.52. The van der Waals surface area contributed by atoms with Gasteiger partial charge in [-0.1, -0.05) is 320 Å². The summed E-state index contributed by atoms with van der Waals surface area (Å²) in [6.07, 6.45) is 22.9. The average Bonchev–Trinajstić information content (AvgIpc) is 1.66. The molecule has 123 heavy (non-hydrogen) atoms. The van der Waals surface area contributed by atoms with Crippen molar-refractivity contribution < 1.29 is 0 Å². The molecule has 1 aromatic rings. The molecule has 7 nitrogen and oxygen atoms in total. The standard InChI is InChI=1S/C18H35N.C18H29N.C16H33N.C15H31N.C15H29N.C14H29N.C13H27N.7CH4/c2*1-17(2,3)16-15(14-10-8-7-9-11-14)12-13-19(16)18(4,5)6;1-9-12(2)13-10-11-17(16(6,7)8)14(13)15(3,4)5;1-11(2)12-9-10-16(15(6,7)8)13(12)14(3,4)5;1-8-9-12-10-11-16(15(5,6)7)13(12)14(2,3)4;1-8-11-9-10-15(14(5,6)7)12(11)13(2,3)4;1-10-8-9-14(13(5,6)7)11(10)12(2,3)4;;;;;;;/h14-16H,7-13H2,1-6H3;7-11,15-16H,12-13H2,1-6H3;12-14H,9-11H2,1-8H3;11-13H,9-10H2,1-8H3;8,12-13H,1,9-11H2,2-7H3;11-12H,8-10H2,1-7H3;10-11H,8-9H2,1-7H3;7*1H4. The highest BCUT2D eigenvalue weighted by Crippen LogP contribution is 2.52. The molecule has 7 heteroatoms. The molecule has 1 aliphatic carbocycles. The molecule has 0 spiro atoms. The second-order valence-electron chi connectivity index (χ2n) is 54.2. The Balaban J connectivity index is -0.000000437. The van der Waals surface area contributed by atoms with Crippen molar-refractivity contribution in [3.8, 4) is 0 Å². The van der Waals surface area contributed by atoms with Gasteiger partial charge in [-0.05, 0) is 339 Å². The maximum Gasteiger partial charge on any atom is 0.0218 e. The van der Waals surface area contributed by atoms with Gasteiger partial charge in [0, 0.05) is 87.0 Å². The second kappa shape index (κ2) is 50.1. The van der Waals surface area contributed by atoms with E-state index in [9.17, 15) is 0 Å². The number of benzene rings is 1.